The van der Waals surface area contributed by atoms with Gasteiger partial charge in [-0.2, -0.15) is 4.98 Å². The van der Waals surface area contributed by atoms with Crippen molar-refractivity contribution in [3.63, 3.8) is 0 Å². The van der Waals surface area contributed by atoms with E-state index in [1.54, 1.807) is 6.07 Å². The largest absolute Gasteiger partial charge is 0.478 e. The van der Waals surface area contributed by atoms with E-state index < -0.39 is 0 Å². The van der Waals surface area contributed by atoms with E-state index in [0.29, 0.717) is 24.1 Å². The molecule has 18 heavy (non-hydrogen) atoms. The van der Waals surface area contributed by atoms with Crippen LogP contribution in [-0.4, -0.2) is 16.6 Å². The van der Waals surface area contributed by atoms with Crippen LogP contribution in [0.5, 0.6) is 5.88 Å². The number of hydrogen-bond acceptors (Lipinski definition) is 5. The van der Waals surface area contributed by atoms with Crippen LogP contribution < -0.4 is 16.0 Å². The molecule has 1 heterocycles. The van der Waals surface area contributed by atoms with Crippen molar-refractivity contribution in [1.82, 2.24) is 9.97 Å². The van der Waals surface area contributed by atoms with Crippen molar-refractivity contribution in [2.75, 3.05) is 12.0 Å². The first kappa shape index (κ1) is 14.7. The number of hydrazine groups is 1. The Morgan fingerprint density at radius 2 is 1.89 bits per heavy atom. The monoisotopic (exact) mass is 252 g/mol. The minimum Gasteiger partial charge on any atom is -0.478 e. The number of nitrogens with two attached hydrogens (primary N) is 1. The standard InChI is InChI=1S/C13H24N4O/c1-3-4-5-6-7-8-9-18-13-10-12(17-14)15-11(2)16-13/h10H,3-9,14H2,1-2H3,(H,15,16,17). The maximum Gasteiger partial charge on any atom is 0.218 e. The molecule has 0 aliphatic carbocycles. The van der Waals surface area contributed by atoms with Gasteiger partial charge in [-0.25, -0.2) is 10.8 Å². The SMILES string of the molecule is CCCCCCCCOc1cc(NN)nc(C)n1. The maximum atomic E-state index is 5.59. The summed E-state index contributed by atoms with van der Waals surface area (Å²) in [6.07, 6.45) is 7.51. The second-order valence-corrected chi connectivity index (χ2v) is 4.40. The van der Waals surface area contributed by atoms with Crippen LogP contribution in [0.15, 0.2) is 6.07 Å². The first-order valence-electron chi connectivity index (χ1n) is 6.71. The zero-order chi connectivity index (χ0) is 13.2. The molecule has 0 saturated carbocycles. The van der Waals surface area contributed by atoms with Gasteiger partial charge in [0, 0.05) is 6.07 Å². The maximum absolute atomic E-state index is 5.59. The predicted octanol–water partition coefficient (Wildman–Crippen LogP) is 2.81. The summed E-state index contributed by atoms with van der Waals surface area (Å²) < 4.78 is 5.59. The number of rotatable bonds is 9. The summed E-state index contributed by atoms with van der Waals surface area (Å²) in [5.74, 6) is 7.14. The molecule has 0 atom stereocenters. The predicted molar refractivity (Wildman–Crippen MR) is 73.5 cm³/mol. The third-order valence-electron chi connectivity index (χ3n) is 2.71. The smallest absolute Gasteiger partial charge is 0.218 e. The van der Waals surface area contributed by atoms with Gasteiger partial charge in [0.2, 0.25) is 5.88 Å². The highest BCUT2D eigenvalue weighted by molar-refractivity contribution is 5.36. The molecular formula is C13H24N4O. The molecule has 5 nitrogen and oxygen atoms in total. The summed E-state index contributed by atoms with van der Waals surface area (Å²) in [5.41, 5.74) is 2.50. The zero-order valence-electron chi connectivity index (χ0n) is 11.4. The van der Waals surface area contributed by atoms with E-state index in [1.807, 2.05) is 6.92 Å². The van der Waals surface area contributed by atoms with Gasteiger partial charge in [-0.1, -0.05) is 39.0 Å². The molecule has 0 saturated heterocycles. The van der Waals surface area contributed by atoms with E-state index in [1.165, 1.54) is 32.1 Å². The van der Waals surface area contributed by atoms with Gasteiger partial charge >= 0.3 is 0 Å². The van der Waals surface area contributed by atoms with Gasteiger partial charge in [-0.05, 0) is 13.3 Å². The lowest BCUT2D eigenvalue weighted by Crippen LogP contribution is -2.10. The summed E-state index contributed by atoms with van der Waals surface area (Å²) >= 11 is 0. The summed E-state index contributed by atoms with van der Waals surface area (Å²) in [6.45, 7) is 4.74. The summed E-state index contributed by atoms with van der Waals surface area (Å²) in [5, 5.41) is 0. The molecule has 0 aromatic carbocycles. The third-order valence-corrected chi connectivity index (χ3v) is 2.71. The van der Waals surface area contributed by atoms with Crippen molar-refractivity contribution in [2.45, 2.75) is 52.4 Å². The van der Waals surface area contributed by atoms with Crippen LogP contribution >= 0.6 is 0 Å². The Balaban J connectivity index is 2.20. The molecule has 1 rings (SSSR count). The molecular weight excluding hydrogens is 228 g/mol. The Morgan fingerprint density at radius 3 is 2.61 bits per heavy atom. The van der Waals surface area contributed by atoms with Crippen LogP contribution in [0.4, 0.5) is 5.82 Å². The molecule has 0 fully saturated rings. The molecule has 0 amide bonds. The first-order valence-corrected chi connectivity index (χ1v) is 6.71. The molecule has 5 heteroatoms. The van der Waals surface area contributed by atoms with Gasteiger partial charge in [0.1, 0.15) is 11.6 Å². The fourth-order valence-corrected chi connectivity index (χ4v) is 1.75. The van der Waals surface area contributed by atoms with Gasteiger partial charge in [0.05, 0.1) is 6.61 Å². The van der Waals surface area contributed by atoms with Gasteiger partial charge in [-0.15, -0.1) is 0 Å². The molecule has 0 aliphatic rings. The quantitative estimate of drug-likeness (QED) is 0.401. The zero-order valence-corrected chi connectivity index (χ0v) is 11.4. The molecule has 1 aromatic rings. The number of ether oxygens (including phenoxy) is 1. The third kappa shape index (κ3) is 5.82. The summed E-state index contributed by atoms with van der Waals surface area (Å²) in [7, 11) is 0. The Bertz CT molecular complexity index is 344. The molecule has 102 valence electrons. The number of nitrogens with one attached hydrogen (secondary N) is 1. The highest BCUT2D eigenvalue weighted by Crippen LogP contribution is 2.13. The Morgan fingerprint density at radius 1 is 1.17 bits per heavy atom. The number of aryl methyl sites for hydroxylation is 1. The van der Waals surface area contributed by atoms with E-state index in [2.05, 4.69) is 22.3 Å². The van der Waals surface area contributed by atoms with Gasteiger partial charge in [-0.3, -0.25) is 0 Å². The average molecular weight is 252 g/mol. The van der Waals surface area contributed by atoms with Gasteiger partial charge in [0.25, 0.3) is 0 Å². The lowest BCUT2D eigenvalue weighted by atomic mass is 10.1. The molecule has 1 aromatic heterocycles. The van der Waals surface area contributed by atoms with Crippen LogP contribution in [0.1, 0.15) is 51.3 Å². The molecule has 0 aliphatic heterocycles. The van der Waals surface area contributed by atoms with E-state index in [4.69, 9.17) is 10.6 Å². The first-order chi connectivity index (χ1) is 8.76. The highest BCUT2D eigenvalue weighted by Gasteiger charge is 2.01. The Kier molecular flexibility index (Phi) is 7.10. The fraction of sp³-hybridized carbons (Fsp3) is 0.692. The molecule has 3 N–H and O–H groups in total. The van der Waals surface area contributed by atoms with Crippen molar-refractivity contribution in [2.24, 2.45) is 5.84 Å². The Labute approximate surface area is 109 Å². The van der Waals surface area contributed by atoms with Crippen molar-refractivity contribution in [1.29, 1.82) is 0 Å². The van der Waals surface area contributed by atoms with Crippen LogP contribution in [0.25, 0.3) is 0 Å². The molecule has 0 radical (unpaired) electrons. The van der Waals surface area contributed by atoms with Gasteiger partial charge in [0.15, 0.2) is 0 Å². The molecule has 0 bridgehead atoms. The van der Waals surface area contributed by atoms with E-state index in [0.717, 1.165) is 6.42 Å². The number of nitrogen functional groups attached to an aromatic ring is 1. The van der Waals surface area contributed by atoms with E-state index in [9.17, 15) is 0 Å². The number of anilines is 1. The number of hydrogen-bond donors (Lipinski definition) is 2. The van der Waals surface area contributed by atoms with E-state index >= 15 is 0 Å². The summed E-state index contributed by atoms with van der Waals surface area (Å²) in [6, 6.07) is 1.71. The second kappa shape index (κ2) is 8.69. The van der Waals surface area contributed by atoms with Crippen molar-refractivity contribution >= 4 is 5.82 Å². The minimum atomic E-state index is 0.584. The van der Waals surface area contributed by atoms with Crippen LogP contribution in [-0.2, 0) is 0 Å². The minimum absolute atomic E-state index is 0.584. The fourth-order valence-electron chi connectivity index (χ4n) is 1.75. The van der Waals surface area contributed by atoms with Crippen molar-refractivity contribution in [3.8, 4) is 5.88 Å². The normalized spacial score (nSPS) is 10.4. The molecule has 0 unspecified atom stereocenters. The van der Waals surface area contributed by atoms with Gasteiger partial charge < -0.3 is 10.2 Å². The number of aromatic nitrogens is 2. The van der Waals surface area contributed by atoms with E-state index in [-0.39, 0.29) is 0 Å². The number of nitrogens with zero attached hydrogens (tertiary/aromatic N) is 2. The summed E-state index contributed by atoms with van der Waals surface area (Å²) in [4.78, 5) is 8.30. The molecule has 0 spiro atoms. The van der Waals surface area contributed by atoms with Crippen LogP contribution in [0.2, 0.25) is 0 Å². The number of unbranched alkanes of at least 4 members (excludes halogenated alkanes) is 5. The van der Waals surface area contributed by atoms with Crippen molar-refractivity contribution in [3.05, 3.63) is 11.9 Å². The highest BCUT2D eigenvalue weighted by atomic mass is 16.5. The van der Waals surface area contributed by atoms with Crippen molar-refractivity contribution < 1.29 is 4.74 Å². The lowest BCUT2D eigenvalue weighted by molar-refractivity contribution is 0.292. The Hall–Kier alpha value is -1.36. The second-order valence-electron chi connectivity index (χ2n) is 4.40. The van der Waals surface area contributed by atoms with Crippen LogP contribution in [0, 0.1) is 6.92 Å². The van der Waals surface area contributed by atoms with Crippen LogP contribution in [0.3, 0.4) is 0 Å². The average Bonchev–Trinajstić information content (AvgIpc) is 2.37. The lowest BCUT2D eigenvalue weighted by Gasteiger charge is -2.07. The topological polar surface area (TPSA) is 73.1 Å².